The topological polar surface area (TPSA) is 125 Å². The van der Waals surface area contributed by atoms with E-state index in [1.807, 2.05) is 26.0 Å². The standard InChI is InChI=1S/C32H32N2O7/c1-5-38-30(35)13-9-22-18(3)24-15-20-7-11-28(40-20)32(37)29-12-8-21(41-29)16-25-19(4)23(10-14-31(36)39-6-2)27(34-25)17-26(22)33-24/h7-8,11-12,15-17,33H,5-6,9-10,13-14H2,1-4H3. The van der Waals surface area contributed by atoms with Crippen LogP contribution in [0.25, 0.3) is 44.5 Å². The van der Waals surface area contributed by atoms with Gasteiger partial charge in [0.25, 0.3) is 5.43 Å². The van der Waals surface area contributed by atoms with E-state index in [0.29, 0.717) is 48.6 Å². The fraction of sp³-hybridized carbons (Fsp3) is 0.312. The first-order chi connectivity index (χ1) is 19.8. The third kappa shape index (κ3) is 5.94. The summed E-state index contributed by atoms with van der Waals surface area (Å²) in [5.41, 5.74) is 7.51. The predicted octanol–water partition coefficient (Wildman–Crippen LogP) is 6.49. The van der Waals surface area contributed by atoms with Gasteiger partial charge in [-0.15, -0.1) is 0 Å². The molecule has 0 aromatic carbocycles. The molecule has 0 saturated heterocycles. The molecule has 8 bridgehead atoms. The Morgan fingerprint density at radius 3 is 2.05 bits per heavy atom. The smallest absolute Gasteiger partial charge is 0.306 e. The second-order valence-corrected chi connectivity index (χ2v) is 9.82. The first-order valence-corrected chi connectivity index (χ1v) is 13.7. The number of rotatable bonds is 8. The van der Waals surface area contributed by atoms with Crippen LogP contribution in [0.3, 0.4) is 0 Å². The summed E-state index contributed by atoms with van der Waals surface area (Å²) in [5.74, 6) is -0.554. The number of esters is 2. The van der Waals surface area contributed by atoms with E-state index in [1.54, 1.807) is 44.2 Å². The summed E-state index contributed by atoms with van der Waals surface area (Å²) >= 11 is 0. The number of hydrogen-bond donors (Lipinski definition) is 1. The number of nitrogens with zero attached hydrogens (tertiary/aromatic N) is 1. The number of H-pyrrole nitrogens is 1. The average molecular weight is 557 g/mol. The summed E-state index contributed by atoms with van der Waals surface area (Å²) in [6.07, 6.45) is 1.31. The van der Waals surface area contributed by atoms with Gasteiger partial charge in [-0.2, -0.15) is 0 Å². The van der Waals surface area contributed by atoms with Crippen molar-refractivity contribution in [3.05, 3.63) is 75.2 Å². The van der Waals surface area contributed by atoms with Gasteiger partial charge in [0, 0.05) is 36.0 Å². The van der Waals surface area contributed by atoms with Gasteiger partial charge in [0.2, 0.25) is 0 Å². The molecule has 0 fully saturated rings. The molecule has 4 aromatic heterocycles. The van der Waals surface area contributed by atoms with Crippen LogP contribution in [0.1, 0.15) is 62.5 Å². The molecule has 212 valence electrons. The van der Waals surface area contributed by atoms with Crippen molar-refractivity contribution in [1.82, 2.24) is 9.97 Å². The molecule has 5 rings (SSSR count). The number of nitrogens with one attached hydrogen (secondary N) is 1. The Morgan fingerprint density at radius 2 is 1.41 bits per heavy atom. The number of aryl methyl sites for hydroxylation is 2. The van der Waals surface area contributed by atoms with Gasteiger partial charge in [0.1, 0.15) is 11.2 Å². The van der Waals surface area contributed by atoms with Crippen LogP contribution < -0.4 is 5.43 Å². The van der Waals surface area contributed by atoms with Crippen molar-refractivity contribution in [3.63, 3.8) is 0 Å². The highest BCUT2D eigenvalue weighted by Crippen LogP contribution is 2.34. The lowest BCUT2D eigenvalue weighted by Gasteiger charge is -2.05. The Hall–Kier alpha value is -4.66. The first kappa shape index (κ1) is 27.9. The molecular formula is C32H32N2O7. The van der Waals surface area contributed by atoms with E-state index < -0.39 is 0 Å². The zero-order chi connectivity index (χ0) is 29.1. The molecule has 0 radical (unpaired) electrons. The maximum atomic E-state index is 13.1. The second-order valence-electron chi connectivity index (χ2n) is 9.82. The third-order valence-corrected chi connectivity index (χ3v) is 7.15. The minimum atomic E-state index is -0.369. The van der Waals surface area contributed by atoms with Crippen molar-refractivity contribution in [2.75, 3.05) is 13.2 Å². The van der Waals surface area contributed by atoms with Crippen molar-refractivity contribution < 1.29 is 27.9 Å². The van der Waals surface area contributed by atoms with Crippen LogP contribution in [0.15, 0.2) is 56.1 Å². The normalized spacial score (nSPS) is 12.2. The Bertz CT molecular complexity index is 1850. The minimum absolute atomic E-state index is 0.155. The molecule has 1 aliphatic rings. The number of carbonyl (C=O) groups excluding carboxylic acids is 2. The highest BCUT2D eigenvalue weighted by atomic mass is 16.5. The minimum Gasteiger partial charge on any atom is -0.466 e. The van der Waals surface area contributed by atoms with Gasteiger partial charge in [-0.05, 0) is 93.1 Å². The Kier molecular flexibility index (Phi) is 8.05. The van der Waals surface area contributed by atoms with Gasteiger partial charge in [-0.3, -0.25) is 14.4 Å². The Labute approximate surface area is 236 Å². The molecule has 5 heterocycles. The van der Waals surface area contributed by atoms with Crippen LogP contribution >= 0.6 is 0 Å². The zero-order valence-corrected chi connectivity index (χ0v) is 23.6. The van der Waals surface area contributed by atoms with E-state index in [0.717, 1.165) is 33.3 Å². The number of hydrogen-bond acceptors (Lipinski definition) is 8. The molecule has 4 aromatic rings. The van der Waals surface area contributed by atoms with E-state index in [-0.39, 0.29) is 41.4 Å². The molecule has 41 heavy (non-hydrogen) atoms. The van der Waals surface area contributed by atoms with E-state index in [9.17, 15) is 14.4 Å². The number of fused-ring (bicyclic) bond motifs is 8. The van der Waals surface area contributed by atoms with Crippen molar-refractivity contribution in [2.45, 2.75) is 53.4 Å². The highest BCUT2D eigenvalue weighted by molar-refractivity contribution is 5.93. The van der Waals surface area contributed by atoms with Gasteiger partial charge in [0.15, 0.2) is 11.2 Å². The van der Waals surface area contributed by atoms with Gasteiger partial charge in [-0.1, -0.05) is 0 Å². The lowest BCUT2D eigenvalue weighted by molar-refractivity contribution is -0.143. The van der Waals surface area contributed by atoms with E-state index in [1.165, 1.54) is 0 Å². The molecular weight excluding hydrogens is 524 g/mol. The Morgan fingerprint density at radius 1 is 0.805 bits per heavy atom. The number of ether oxygens (including phenoxy) is 2. The third-order valence-electron chi connectivity index (χ3n) is 7.15. The summed E-state index contributed by atoms with van der Waals surface area (Å²) in [6, 6.07) is 12.2. The molecule has 0 saturated carbocycles. The fourth-order valence-corrected chi connectivity index (χ4v) is 5.03. The molecule has 1 N–H and O–H groups in total. The van der Waals surface area contributed by atoms with Crippen molar-refractivity contribution >= 4 is 56.5 Å². The lowest BCUT2D eigenvalue weighted by atomic mass is 10.0. The van der Waals surface area contributed by atoms with E-state index in [4.69, 9.17) is 23.3 Å². The van der Waals surface area contributed by atoms with Crippen LogP contribution in [0.2, 0.25) is 0 Å². The maximum Gasteiger partial charge on any atom is 0.306 e. The SMILES string of the molecule is CCOC(=O)CCC1=C(C)c2cc3ccc(o3)c(=O)c3ccc(cc4[nH]c(cc1n2)c(CCC(=O)OCC)c4C)o3. The summed E-state index contributed by atoms with van der Waals surface area (Å²) in [4.78, 5) is 45.9. The van der Waals surface area contributed by atoms with E-state index >= 15 is 0 Å². The summed E-state index contributed by atoms with van der Waals surface area (Å²) in [5, 5.41) is 0. The molecule has 0 aliphatic carbocycles. The lowest BCUT2D eigenvalue weighted by Crippen LogP contribution is -2.05. The molecule has 9 heteroatoms. The van der Waals surface area contributed by atoms with Crippen LogP contribution in [-0.4, -0.2) is 35.1 Å². The van der Waals surface area contributed by atoms with Crippen molar-refractivity contribution in [1.29, 1.82) is 0 Å². The Balaban J connectivity index is 1.77. The molecule has 0 atom stereocenters. The largest absolute Gasteiger partial charge is 0.466 e. The van der Waals surface area contributed by atoms with Gasteiger partial charge >= 0.3 is 11.9 Å². The maximum absolute atomic E-state index is 13.1. The number of carbonyl (C=O) groups is 2. The first-order valence-electron chi connectivity index (χ1n) is 13.7. The monoisotopic (exact) mass is 556 g/mol. The van der Waals surface area contributed by atoms with Crippen LogP contribution in [0, 0.1) is 6.92 Å². The summed E-state index contributed by atoms with van der Waals surface area (Å²) in [7, 11) is 0. The number of allylic oxidation sites excluding steroid dienone is 2. The van der Waals surface area contributed by atoms with Crippen LogP contribution in [-0.2, 0) is 25.5 Å². The van der Waals surface area contributed by atoms with Crippen molar-refractivity contribution in [3.8, 4) is 0 Å². The molecule has 0 spiro atoms. The zero-order valence-electron chi connectivity index (χ0n) is 23.6. The van der Waals surface area contributed by atoms with Gasteiger partial charge in [-0.25, -0.2) is 4.98 Å². The number of furan rings is 2. The molecule has 9 nitrogen and oxygen atoms in total. The predicted molar refractivity (Wildman–Crippen MR) is 156 cm³/mol. The molecule has 1 aliphatic heterocycles. The van der Waals surface area contributed by atoms with E-state index in [2.05, 4.69) is 4.98 Å². The number of aromatic amines is 1. The van der Waals surface area contributed by atoms with Gasteiger partial charge in [0.05, 0.1) is 24.6 Å². The molecule has 0 unspecified atom stereocenters. The number of aromatic nitrogens is 2. The van der Waals surface area contributed by atoms with Crippen LogP contribution in [0.4, 0.5) is 0 Å². The fourth-order valence-electron chi connectivity index (χ4n) is 5.03. The van der Waals surface area contributed by atoms with Crippen molar-refractivity contribution in [2.24, 2.45) is 0 Å². The quantitative estimate of drug-likeness (QED) is 0.244. The average Bonchev–Trinajstić information content (AvgIpc) is 3.71. The highest BCUT2D eigenvalue weighted by Gasteiger charge is 2.20. The second kappa shape index (κ2) is 11.8. The van der Waals surface area contributed by atoms with Crippen LogP contribution in [0.5, 0.6) is 0 Å². The summed E-state index contributed by atoms with van der Waals surface area (Å²) < 4.78 is 22.0. The van der Waals surface area contributed by atoms with Gasteiger partial charge < -0.3 is 23.3 Å². The summed E-state index contributed by atoms with van der Waals surface area (Å²) in [6.45, 7) is 8.12. The molecule has 0 amide bonds.